The fourth-order valence-corrected chi connectivity index (χ4v) is 6.50. The molecule has 14 heteroatoms. The fourth-order valence-electron chi connectivity index (χ4n) is 6.02. The molecule has 0 bridgehead atoms. The molecule has 1 unspecified atom stereocenters. The van der Waals surface area contributed by atoms with Crippen LogP contribution in [0.2, 0.25) is 0 Å². The molecule has 1 heterocycles. The lowest BCUT2D eigenvalue weighted by Gasteiger charge is -2.33. The van der Waals surface area contributed by atoms with Gasteiger partial charge in [0.25, 0.3) is 0 Å². The van der Waals surface area contributed by atoms with Crippen LogP contribution in [0.1, 0.15) is 46.5 Å². The van der Waals surface area contributed by atoms with Crippen molar-refractivity contribution in [2.45, 2.75) is 44.2 Å². The highest BCUT2D eigenvalue weighted by molar-refractivity contribution is 7.52. The van der Waals surface area contributed by atoms with E-state index >= 15 is 0 Å². The zero-order chi connectivity index (χ0) is 38.0. The number of aromatic nitrogens is 3. The van der Waals surface area contributed by atoms with Crippen molar-refractivity contribution in [1.82, 2.24) is 15.0 Å². The van der Waals surface area contributed by atoms with E-state index in [-0.39, 0.29) is 24.7 Å². The standard InChI is InChI=1S/C39H34F2N3O8P/c1-25(2)52-33-21-29(20-30(22-33)36(45)46)28-16-12-27(13-17-28)24-51-37(47)38(31-8-4-3-5-9-31,44-35-11-7-6-10-34(35)42-43-44)23-26-14-18-32(19-15-26)39(40,41)53(48,49)50/h3-22,25H,23-24H2,1-2H3,(H,45,46)(H2,48,49,50). The topological polar surface area (TPSA) is 161 Å². The number of hydrogen-bond acceptors (Lipinski definition) is 7. The number of fused-ring (bicyclic) bond motifs is 1. The molecule has 1 atom stereocenters. The first-order valence-corrected chi connectivity index (χ1v) is 18.0. The highest BCUT2D eigenvalue weighted by Gasteiger charge is 2.51. The molecule has 0 amide bonds. The smallest absolute Gasteiger partial charge is 0.399 e. The van der Waals surface area contributed by atoms with E-state index in [1.54, 1.807) is 91.0 Å². The number of ether oxygens (including phenoxy) is 2. The Kier molecular flexibility index (Phi) is 10.3. The highest BCUT2D eigenvalue weighted by atomic mass is 31.2. The summed E-state index contributed by atoms with van der Waals surface area (Å²) < 4.78 is 53.8. The third-order valence-electron chi connectivity index (χ3n) is 8.61. The van der Waals surface area contributed by atoms with Gasteiger partial charge in [0.1, 0.15) is 17.9 Å². The quantitative estimate of drug-likeness (QED) is 0.0797. The maximum atomic E-state index is 14.7. The molecule has 0 radical (unpaired) electrons. The van der Waals surface area contributed by atoms with Gasteiger partial charge in [0, 0.05) is 12.0 Å². The van der Waals surface area contributed by atoms with E-state index in [1.165, 1.54) is 22.9 Å². The van der Waals surface area contributed by atoms with Crippen molar-refractivity contribution in [3.63, 3.8) is 0 Å². The van der Waals surface area contributed by atoms with Gasteiger partial charge in [0.05, 0.1) is 17.2 Å². The monoisotopic (exact) mass is 741 g/mol. The molecule has 6 aromatic rings. The van der Waals surface area contributed by atoms with Crippen LogP contribution in [0.25, 0.3) is 22.2 Å². The Balaban J connectivity index is 1.36. The van der Waals surface area contributed by atoms with Crippen LogP contribution in [0.15, 0.2) is 121 Å². The van der Waals surface area contributed by atoms with Gasteiger partial charge in [0.2, 0.25) is 0 Å². The molecule has 53 heavy (non-hydrogen) atoms. The molecule has 1 aromatic heterocycles. The largest absolute Gasteiger partial charge is 0.491 e. The summed E-state index contributed by atoms with van der Waals surface area (Å²) >= 11 is 0. The second-order valence-corrected chi connectivity index (χ2v) is 14.3. The van der Waals surface area contributed by atoms with Crippen LogP contribution >= 0.6 is 7.60 Å². The number of alkyl halides is 2. The van der Waals surface area contributed by atoms with E-state index in [4.69, 9.17) is 9.47 Å². The summed E-state index contributed by atoms with van der Waals surface area (Å²) in [6.45, 7) is 3.51. The lowest BCUT2D eigenvalue weighted by molar-refractivity contribution is -0.154. The van der Waals surface area contributed by atoms with Gasteiger partial charge < -0.3 is 24.4 Å². The van der Waals surface area contributed by atoms with Gasteiger partial charge in [-0.05, 0) is 72.0 Å². The third kappa shape index (κ3) is 7.59. The van der Waals surface area contributed by atoms with Crippen molar-refractivity contribution in [1.29, 1.82) is 0 Å². The number of halogens is 2. The number of rotatable bonds is 13. The normalized spacial score (nSPS) is 13.1. The minimum Gasteiger partial charge on any atom is -0.491 e. The van der Waals surface area contributed by atoms with Gasteiger partial charge >= 0.3 is 25.2 Å². The van der Waals surface area contributed by atoms with Crippen molar-refractivity contribution in [3.05, 3.63) is 149 Å². The number of hydrogen-bond donors (Lipinski definition) is 3. The van der Waals surface area contributed by atoms with Crippen molar-refractivity contribution in [2.24, 2.45) is 0 Å². The second-order valence-electron chi connectivity index (χ2n) is 12.7. The molecule has 0 saturated heterocycles. The van der Waals surface area contributed by atoms with Gasteiger partial charge in [-0.15, -0.1) is 5.10 Å². The van der Waals surface area contributed by atoms with Gasteiger partial charge in [0.15, 0.2) is 5.54 Å². The number of esters is 1. The Bertz CT molecular complexity index is 2310. The molecule has 11 nitrogen and oxygen atoms in total. The summed E-state index contributed by atoms with van der Waals surface area (Å²) in [7, 11) is -5.81. The van der Waals surface area contributed by atoms with Gasteiger partial charge in [-0.25, -0.2) is 14.3 Å². The van der Waals surface area contributed by atoms with E-state index in [1.807, 2.05) is 13.8 Å². The predicted molar refractivity (Wildman–Crippen MR) is 192 cm³/mol. The number of nitrogens with zero attached hydrogens (tertiary/aromatic N) is 3. The molecule has 3 N–H and O–H groups in total. The minimum absolute atomic E-state index is 0.0687. The molecule has 0 spiro atoms. The third-order valence-corrected chi connectivity index (χ3v) is 9.60. The first-order valence-electron chi connectivity index (χ1n) is 16.4. The van der Waals surface area contributed by atoms with Gasteiger partial charge in [-0.1, -0.05) is 96.2 Å². The van der Waals surface area contributed by atoms with Crippen molar-refractivity contribution < 1.29 is 47.3 Å². The van der Waals surface area contributed by atoms with Crippen molar-refractivity contribution in [2.75, 3.05) is 0 Å². The number of benzene rings is 5. The predicted octanol–water partition coefficient (Wildman–Crippen LogP) is 7.54. The number of para-hydroxylation sites is 1. The average Bonchev–Trinajstić information content (AvgIpc) is 3.57. The summed E-state index contributed by atoms with van der Waals surface area (Å²) in [6.07, 6.45) is -0.329. The number of carbonyl (C=O) groups is 2. The summed E-state index contributed by atoms with van der Waals surface area (Å²) in [5, 5.41) is 18.3. The molecular formula is C39H34F2N3O8P. The van der Waals surface area contributed by atoms with E-state index < -0.39 is 36.3 Å². The Hall–Kier alpha value is -5.75. The Morgan fingerprint density at radius 2 is 1.45 bits per heavy atom. The van der Waals surface area contributed by atoms with Crippen molar-refractivity contribution in [3.8, 4) is 16.9 Å². The Labute approximate surface area is 302 Å². The Morgan fingerprint density at radius 1 is 0.811 bits per heavy atom. The SMILES string of the molecule is CC(C)Oc1cc(C(=O)O)cc(-c2ccc(COC(=O)C(Cc3ccc(C(F)(F)P(=O)(O)O)cc3)(c3ccccc3)n3nnc4ccccc43)cc2)c1. The molecule has 272 valence electrons. The van der Waals surface area contributed by atoms with Crippen LogP contribution in [0.3, 0.4) is 0 Å². The maximum Gasteiger partial charge on any atom is 0.399 e. The molecular weight excluding hydrogens is 707 g/mol. The number of aromatic carboxylic acids is 1. The molecule has 0 saturated carbocycles. The molecule has 0 aliphatic rings. The molecule has 5 aromatic carbocycles. The molecule has 6 rings (SSSR count). The lowest BCUT2D eigenvalue weighted by Crippen LogP contribution is -2.47. The van der Waals surface area contributed by atoms with Crippen LogP contribution in [-0.4, -0.2) is 47.9 Å². The van der Waals surface area contributed by atoms with Crippen LogP contribution in [0, 0.1) is 0 Å². The molecule has 0 fully saturated rings. The van der Waals surface area contributed by atoms with E-state index in [2.05, 4.69) is 10.3 Å². The summed E-state index contributed by atoms with van der Waals surface area (Å²) in [5.74, 6) is -1.42. The zero-order valence-electron chi connectivity index (χ0n) is 28.5. The first kappa shape index (κ1) is 37.0. The van der Waals surface area contributed by atoms with Gasteiger partial charge in [-0.3, -0.25) is 4.57 Å². The number of carboxylic acid groups (broad SMARTS) is 1. The van der Waals surface area contributed by atoms with Crippen molar-refractivity contribution >= 4 is 30.6 Å². The summed E-state index contributed by atoms with van der Waals surface area (Å²) in [5.41, 5.74) is -3.21. The van der Waals surface area contributed by atoms with E-state index in [0.29, 0.717) is 44.6 Å². The first-order chi connectivity index (χ1) is 25.2. The van der Waals surface area contributed by atoms with Crippen LogP contribution in [-0.2, 0) is 38.3 Å². The molecule has 0 aliphatic carbocycles. The highest BCUT2D eigenvalue weighted by Crippen LogP contribution is 2.59. The minimum atomic E-state index is -5.81. The Morgan fingerprint density at radius 3 is 2.09 bits per heavy atom. The summed E-state index contributed by atoms with van der Waals surface area (Å²) in [6, 6.07) is 31.8. The lowest BCUT2D eigenvalue weighted by atomic mass is 9.83. The second kappa shape index (κ2) is 14.7. The van der Waals surface area contributed by atoms with E-state index in [0.717, 1.165) is 12.1 Å². The summed E-state index contributed by atoms with van der Waals surface area (Å²) in [4.78, 5) is 45.0. The zero-order valence-corrected chi connectivity index (χ0v) is 29.4. The van der Waals surface area contributed by atoms with Crippen LogP contribution in [0.4, 0.5) is 8.78 Å². The molecule has 0 aliphatic heterocycles. The van der Waals surface area contributed by atoms with Crippen LogP contribution < -0.4 is 4.74 Å². The maximum absolute atomic E-state index is 14.7. The average molecular weight is 742 g/mol. The number of carboxylic acids is 1. The van der Waals surface area contributed by atoms with E-state index in [9.17, 15) is 37.8 Å². The van der Waals surface area contributed by atoms with Gasteiger partial charge in [-0.2, -0.15) is 8.78 Å². The van der Waals surface area contributed by atoms with Crippen LogP contribution in [0.5, 0.6) is 5.75 Å². The fraction of sp³-hybridized carbons (Fsp3) is 0.179. The number of carbonyl (C=O) groups excluding carboxylic acids is 1.